The standard InChI is InChI=1S/C19H17ClN6O3/c1-25-9-21-18-16(19(25)27)26(10-22-18)7-15-23-17(24-29-15)12-6-14(28-8-12)11-2-4-13(20)5-3-11/h2-5,9-10,12,14H,6-8H2,1H3/t12-,14+/m0/s1. The van der Waals surface area contributed by atoms with Crippen molar-refractivity contribution in [3.8, 4) is 0 Å². The van der Waals surface area contributed by atoms with Crippen molar-refractivity contribution in [2.75, 3.05) is 6.61 Å². The van der Waals surface area contributed by atoms with Crippen LogP contribution < -0.4 is 5.56 Å². The molecule has 9 nitrogen and oxygen atoms in total. The average Bonchev–Trinajstić information content (AvgIpc) is 3.46. The first kappa shape index (κ1) is 18.0. The molecule has 1 aliphatic rings. The Balaban J connectivity index is 1.33. The molecule has 0 spiro atoms. The minimum Gasteiger partial charge on any atom is -0.373 e. The van der Waals surface area contributed by atoms with E-state index < -0.39 is 0 Å². The summed E-state index contributed by atoms with van der Waals surface area (Å²) < 4.78 is 14.4. The van der Waals surface area contributed by atoms with Crippen molar-refractivity contribution < 1.29 is 9.26 Å². The quantitative estimate of drug-likeness (QED) is 0.507. The van der Waals surface area contributed by atoms with Crippen molar-refractivity contribution in [2.45, 2.75) is 25.0 Å². The fourth-order valence-electron chi connectivity index (χ4n) is 3.53. The lowest BCUT2D eigenvalue weighted by molar-refractivity contribution is 0.110. The number of ether oxygens (including phenoxy) is 1. The Labute approximate surface area is 169 Å². The Bertz CT molecular complexity index is 1230. The Hall–Kier alpha value is -3.04. The summed E-state index contributed by atoms with van der Waals surface area (Å²) in [6.07, 6.45) is 3.74. The molecule has 0 saturated carbocycles. The van der Waals surface area contributed by atoms with E-state index in [0.717, 1.165) is 12.0 Å². The number of fused-ring (bicyclic) bond motifs is 1. The summed E-state index contributed by atoms with van der Waals surface area (Å²) in [6.45, 7) is 0.767. The van der Waals surface area contributed by atoms with Crippen LogP contribution in [0.25, 0.3) is 11.2 Å². The van der Waals surface area contributed by atoms with Crippen LogP contribution in [0.2, 0.25) is 5.02 Å². The van der Waals surface area contributed by atoms with Crippen LogP contribution >= 0.6 is 11.6 Å². The first-order valence-corrected chi connectivity index (χ1v) is 9.52. The highest BCUT2D eigenvalue weighted by Gasteiger charge is 2.31. The maximum absolute atomic E-state index is 12.4. The lowest BCUT2D eigenvalue weighted by atomic mass is 10.0. The average molecular weight is 413 g/mol. The predicted octanol–water partition coefficient (Wildman–Crippen LogP) is 2.46. The SMILES string of the molecule is Cn1cnc2ncn(Cc3nc([C@@H]4CO[C@@H](c5ccc(Cl)cc5)C4)no3)c2c1=O. The van der Waals surface area contributed by atoms with Gasteiger partial charge in [-0.2, -0.15) is 4.98 Å². The van der Waals surface area contributed by atoms with Crippen LogP contribution in [-0.2, 0) is 18.3 Å². The first-order valence-electron chi connectivity index (χ1n) is 9.14. The second kappa shape index (κ2) is 7.09. The number of nitrogens with zero attached hydrogens (tertiary/aromatic N) is 6. The predicted molar refractivity (Wildman–Crippen MR) is 104 cm³/mol. The van der Waals surface area contributed by atoms with Crippen LogP contribution in [0.15, 0.2) is 46.2 Å². The first-order chi connectivity index (χ1) is 14.1. The minimum atomic E-state index is -0.178. The van der Waals surface area contributed by atoms with Gasteiger partial charge in [0, 0.05) is 18.0 Å². The molecule has 5 rings (SSSR count). The molecule has 0 bridgehead atoms. The highest BCUT2D eigenvalue weighted by atomic mass is 35.5. The van der Waals surface area contributed by atoms with E-state index in [0.29, 0.717) is 34.5 Å². The van der Waals surface area contributed by atoms with Crippen LogP contribution in [0.5, 0.6) is 0 Å². The third-order valence-electron chi connectivity index (χ3n) is 5.09. The number of aromatic nitrogens is 6. The number of rotatable bonds is 4. The normalized spacial score (nSPS) is 19.2. The summed E-state index contributed by atoms with van der Waals surface area (Å²) >= 11 is 5.95. The van der Waals surface area contributed by atoms with E-state index in [1.165, 1.54) is 10.9 Å². The van der Waals surface area contributed by atoms with Crippen molar-refractivity contribution in [2.24, 2.45) is 7.05 Å². The Kier molecular flexibility index (Phi) is 4.40. The smallest absolute Gasteiger partial charge is 0.279 e. The summed E-state index contributed by atoms with van der Waals surface area (Å²) in [6, 6.07) is 7.65. The largest absolute Gasteiger partial charge is 0.373 e. The summed E-state index contributed by atoms with van der Waals surface area (Å²) in [5, 5.41) is 4.82. The van der Waals surface area contributed by atoms with Gasteiger partial charge in [-0.1, -0.05) is 28.9 Å². The molecule has 148 valence electrons. The maximum atomic E-state index is 12.4. The van der Waals surface area contributed by atoms with Crippen molar-refractivity contribution in [3.63, 3.8) is 0 Å². The molecule has 0 N–H and O–H groups in total. The molecule has 10 heteroatoms. The van der Waals surface area contributed by atoms with E-state index in [1.807, 2.05) is 24.3 Å². The zero-order chi connectivity index (χ0) is 20.0. The van der Waals surface area contributed by atoms with Crippen LogP contribution in [0.4, 0.5) is 0 Å². The van der Waals surface area contributed by atoms with E-state index in [9.17, 15) is 4.79 Å². The Morgan fingerprint density at radius 1 is 1.21 bits per heavy atom. The van der Waals surface area contributed by atoms with E-state index in [4.69, 9.17) is 20.9 Å². The molecule has 29 heavy (non-hydrogen) atoms. The number of benzene rings is 1. The van der Waals surface area contributed by atoms with Gasteiger partial charge >= 0.3 is 0 Å². The molecule has 3 aromatic heterocycles. The third kappa shape index (κ3) is 3.32. The maximum Gasteiger partial charge on any atom is 0.279 e. The van der Waals surface area contributed by atoms with E-state index in [-0.39, 0.29) is 24.1 Å². The second-order valence-electron chi connectivity index (χ2n) is 7.06. The fraction of sp³-hybridized carbons (Fsp3) is 0.316. The summed E-state index contributed by atoms with van der Waals surface area (Å²) in [7, 11) is 1.65. The van der Waals surface area contributed by atoms with Crippen LogP contribution in [-0.4, -0.2) is 35.8 Å². The monoisotopic (exact) mass is 412 g/mol. The van der Waals surface area contributed by atoms with Gasteiger partial charge < -0.3 is 18.4 Å². The molecule has 4 heterocycles. The summed E-state index contributed by atoms with van der Waals surface area (Å²) in [4.78, 5) is 25.2. The number of hydrogen-bond donors (Lipinski definition) is 0. The van der Waals surface area contributed by atoms with E-state index in [2.05, 4.69) is 20.1 Å². The van der Waals surface area contributed by atoms with Gasteiger partial charge in [0.15, 0.2) is 17.0 Å². The van der Waals surface area contributed by atoms with E-state index >= 15 is 0 Å². The zero-order valence-electron chi connectivity index (χ0n) is 15.5. The summed E-state index contributed by atoms with van der Waals surface area (Å²) in [5.41, 5.74) is 1.70. The third-order valence-corrected chi connectivity index (χ3v) is 5.34. The van der Waals surface area contributed by atoms with Crippen LogP contribution in [0, 0.1) is 0 Å². The molecule has 0 unspecified atom stereocenters. The summed E-state index contributed by atoms with van der Waals surface area (Å²) in [5.74, 6) is 1.05. The van der Waals surface area contributed by atoms with Gasteiger partial charge in [-0.15, -0.1) is 0 Å². The van der Waals surface area contributed by atoms with Gasteiger partial charge in [0.05, 0.1) is 25.4 Å². The highest BCUT2D eigenvalue weighted by molar-refractivity contribution is 6.30. The van der Waals surface area contributed by atoms with E-state index in [1.54, 1.807) is 17.9 Å². The Morgan fingerprint density at radius 2 is 2.00 bits per heavy atom. The number of hydrogen-bond acceptors (Lipinski definition) is 7. The lowest BCUT2D eigenvalue weighted by Crippen LogP contribution is -2.19. The molecule has 2 atom stereocenters. The van der Waals surface area contributed by atoms with Gasteiger partial charge in [-0.05, 0) is 24.1 Å². The van der Waals surface area contributed by atoms with Crippen molar-refractivity contribution in [1.82, 2.24) is 29.2 Å². The molecule has 0 amide bonds. The topological polar surface area (TPSA) is 101 Å². The fourth-order valence-corrected chi connectivity index (χ4v) is 3.65. The number of imidazole rings is 1. The lowest BCUT2D eigenvalue weighted by Gasteiger charge is -2.09. The van der Waals surface area contributed by atoms with Crippen LogP contribution in [0.1, 0.15) is 35.7 Å². The molecule has 4 aromatic rings. The van der Waals surface area contributed by atoms with Crippen LogP contribution in [0.3, 0.4) is 0 Å². The zero-order valence-corrected chi connectivity index (χ0v) is 16.3. The Morgan fingerprint density at radius 3 is 2.83 bits per heavy atom. The van der Waals surface area contributed by atoms with Gasteiger partial charge in [0.2, 0.25) is 5.89 Å². The molecular weight excluding hydrogens is 396 g/mol. The van der Waals surface area contributed by atoms with Gasteiger partial charge in [-0.25, -0.2) is 9.97 Å². The molecular formula is C19H17ClN6O3. The molecule has 1 aromatic carbocycles. The number of aryl methyl sites for hydroxylation is 1. The highest BCUT2D eigenvalue weighted by Crippen LogP contribution is 2.37. The molecule has 0 aliphatic carbocycles. The van der Waals surface area contributed by atoms with Crippen molar-refractivity contribution in [1.29, 1.82) is 0 Å². The van der Waals surface area contributed by atoms with Gasteiger partial charge in [-0.3, -0.25) is 4.79 Å². The molecule has 1 aliphatic heterocycles. The molecule has 0 radical (unpaired) electrons. The second-order valence-corrected chi connectivity index (χ2v) is 7.49. The molecule has 1 fully saturated rings. The minimum absolute atomic E-state index is 0.0223. The molecule has 1 saturated heterocycles. The van der Waals surface area contributed by atoms with Gasteiger partial charge in [0.25, 0.3) is 5.56 Å². The van der Waals surface area contributed by atoms with Crippen molar-refractivity contribution >= 4 is 22.8 Å². The number of halogens is 1. The van der Waals surface area contributed by atoms with Gasteiger partial charge in [0.1, 0.15) is 6.54 Å². The van der Waals surface area contributed by atoms with Crippen molar-refractivity contribution in [3.05, 3.63) is 69.6 Å².